The molecule has 0 bridgehead atoms. The fourth-order valence-corrected chi connectivity index (χ4v) is 9.51. The molecule has 0 aliphatic heterocycles. The lowest BCUT2D eigenvalue weighted by molar-refractivity contribution is 0.670. The summed E-state index contributed by atoms with van der Waals surface area (Å²) >= 11 is 0. The second kappa shape index (κ2) is 14.3. The van der Waals surface area contributed by atoms with Crippen LogP contribution in [0.2, 0.25) is 0 Å². The van der Waals surface area contributed by atoms with Crippen LogP contribution in [0, 0.1) is 0 Å². The van der Waals surface area contributed by atoms with Crippen molar-refractivity contribution in [3.05, 3.63) is 231 Å². The van der Waals surface area contributed by atoms with Crippen LogP contribution >= 0.6 is 0 Å². The number of anilines is 3. The Morgan fingerprint density at radius 3 is 1.64 bits per heavy atom. The van der Waals surface area contributed by atoms with Crippen LogP contribution in [0.3, 0.4) is 0 Å². The average molecular weight is 779 g/mol. The monoisotopic (exact) mass is 778 g/mol. The zero-order chi connectivity index (χ0) is 40.3. The molecule has 0 amide bonds. The number of fused-ring (bicyclic) bond motifs is 7. The molecular formula is C58H38N2O. The van der Waals surface area contributed by atoms with Gasteiger partial charge in [-0.3, -0.25) is 0 Å². The van der Waals surface area contributed by atoms with Crippen molar-refractivity contribution in [1.82, 2.24) is 4.57 Å². The van der Waals surface area contributed by atoms with Crippen LogP contribution in [0.4, 0.5) is 17.1 Å². The topological polar surface area (TPSA) is 21.3 Å². The van der Waals surface area contributed by atoms with Crippen molar-refractivity contribution < 1.29 is 4.42 Å². The lowest BCUT2D eigenvalue weighted by atomic mass is 9.93. The van der Waals surface area contributed by atoms with Crippen LogP contribution in [-0.4, -0.2) is 4.57 Å². The smallest absolute Gasteiger partial charge is 0.143 e. The third-order valence-corrected chi connectivity index (χ3v) is 12.2. The van der Waals surface area contributed by atoms with Crippen LogP contribution in [0.5, 0.6) is 0 Å². The molecule has 0 unspecified atom stereocenters. The molecule has 2 heterocycles. The van der Waals surface area contributed by atoms with Crippen molar-refractivity contribution in [3.8, 4) is 39.1 Å². The number of furan rings is 1. The van der Waals surface area contributed by atoms with E-state index >= 15 is 0 Å². The summed E-state index contributed by atoms with van der Waals surface area (Å²) in [5.41, 5.74) is 15.4. The first-order chi connectivity index (χ1) is 30.3. The second-order valence-electron chi connectivity index (χ2n) is 15.6. The summed E-state index contributed by atoms with van der Waals surface area (Å²) in [6.07, 6.45) is 0. The predicted octanol–water partition coefficient (Wildman–Crippen LogP) is 16.3. The van der Waals surface area contributed by atoms with E-state index in [9.17, 15) is 0 Å². The van der Waals surface area contributed by atoms with Crippen LogP contribution in [-0.2, 0) is 0 Å². The zero-order valence-electron chi connectivity index (χ0n) is 33.2. The molecule has 2 aromatic heterocycles. The number of nitrogens with zero attached hydrogens (tertiary/aromatic N) is 2. The molecule has 0 aliphatic carbocycles. The third-order valence-electron chi connectivity index (χ3n) is 12.2. The number of para-hydroxylation sites is 6. The zero-order valence-corrected chi connectivity index (χ0v) is 33.2. The molecule has 3 heteroatoms. The van der Waals surface area contributed by atoms with Gasteiger partial charge in [0, 0.05) is 49.3 Å². The Morgan fingerprint density at radius 1 is 0.328 bits per heavy atom. The van der Waals surface area contributed by atoms with E-state index in [1.807, 2.05) is 12.1 Å². The van der Waals surface area contributed by atoms with Crippen LogP contribution in [0.25, 0.3) is 93.6 Å². The van der Waals surface area contributed by atoms with Gasteiger partial charge in [-0.25, -0.2) is 0 Å². The SMILES string of the molecule is c1ccc(-c2cccc3c2oc2ccccc23)c(-c2ccc(N(c3ccccc3-c3ccccc3-n3c4ccccc4c4ccccc43)c3cccc4ccccc34)cc2)c1. The van der Waals surface area contributed by atoms with Gasteiger partial charge in [0.15, 0.2) is 0 Å². The first-order valence-corrected chi connectivity index (χ1v) is 20.9. The molecule has 0 fully saturated rings. The Kier molecular flexibility index (Phi) is 8.17. The standard InChI is InChI=1S/C58H38N2O/c1-2-20-43-39(17-1)18-15-33-52(43)59(41-37-35-40(36-38-41)42-19-3-4-21-44(42)50-27-16-28-51-49-26-9-14-34-57(49)61-58(50)51)53-29-10-5-22-45(53)46-23-6-11-30-54(46)60-55-31-12-7-24-47(55)48-25-8-13-32-56(48)60/h1-38H. The Labute approximate surface area is 353 Å². The van der Waals surface area contributed by atoms with Gasteiger partial charge >= 0.3 is 0 Å². The Morgan fingerprint density at radius 2 is 0.852 bits per heavy atom. The third kappa shape index (κ3) is 5.66. The summed E-state index contributed by atoms with van der Waals surface area (Å²) in [5.74, 6) is 0. The van der Waals surface area contributed by atoms with Gasteiger partial charge in [0.25, 0.3) is 0 Å². The lowest BCUT2D eigenvalue weighted by Gasteiger charge is -2.30. The van der Waals surface area contributed by atoms with E-state index in [4.69, 9.17) is 4.42 Å². The second-order valence-corrected chi connectivity index (χ2v) is 15.6. The maximum atomic E-state index is 6.53. The molecule has 10 aromatic carbocycles. The highest BCUT2D eigenvalue weighted by Gasteiger charge is 2.23. The molecule has 286 valence electrons. The molecule has 0 aliphatic rings. The summed E-state index contributed by atoms with van der Waals surface area (Å²) < 4.78 is 8.95. The lowest BCUT2D eigenvalue weighted by Crippen LogP contribution is -2.12. The van der Waals surface area contributed by atoms with Gasteiger partial charge < -0.3 is 13.9 Å². The van der Waals surface area contributed by atoms with Gasteiger partial charge in [-0.1, -0.05) is 182 Å². The Balaban J connectivity index is 1.04. The van der Waals surface area contributed by atoms with Gasteiger partial charge in [0.2, 0.25) is 0 Å². The molecule has 0 saturated carbocycles. The highest BCUT2D eigenvalue weighted by Crippen LogP contribution is 2.47. The van der Waals surface area contributed by atoms with E-state index in [0.717, 1.165) is 78.1 Å². The maximum Gasteiger partial charge on any atom is 0.143 e. The Hall–Kier alpha value is -8.14. The first-order valence-electron chi connectivity index (χ1n) is 20.9. The van der Waals surface area contributed by atoms with Crippen molar-refractivity contribution in [2.24, 2.45) is 0 Å². The van der Waals surface area contributed by atoms with E-state index in [1.165, 1.54) is 32.6 Å². The molecule has 12 aromatic rings. The molecule has 12 rings (SSSR count). The summed E-state index contributed by atoms with van der Waals surface area (Å²) in [6, 6.07) is 82.9. The van der Waals surface area contributed by atoms with Crippen molar-refractivity contribution in [2.75, 3.05) is 4.90 Å². The van der Waals surface area contributed by atoms with Gasteiger partial charge in [-0.2, -0.15) is 0 Å². The van der Waals surface area contributed by atoms with E-state index in [-0.39, 0.29) is 0 Å². The molecule has 3 nitrogen and oxygen atoms in total. The van der Waals surface area contributed by atoms with E-state index < -0.39 is 0 Å². The fourth-order valence-electron chi connectivity index (χ4n) is 9.51. The molecule has 0 N–H and O–H groups in total. The van der Waals surface area contributed by atoms with Gasteiger partial charge in [-0.15, -0.1) is 0 Å². The van der Waals surface area contributed by atoms with Crippen LogP contribution < -0.4 is 4.90 Å². The van der Waals surface area contributed by atoms with Crippen molar-refractivity contribution in [3.63, 3.8) is 0 Å². The molecule has 0 saturated heterocycles. The first kappa shape index (κ1) is 34.9. The van der Waals surface area contributed by atoms with E-state index in [1.54, 1.807) is 0 Å². The minimum atomic E-state index is 0.901. The Bertz CT molecular complexity index is 3550. The summed E-state index contributed by atoms with van der Waals surface area (Å²) in [5, 5.41) is 7.13. The molecule has 0 radical (unpaired) electrons. The number of hydrogen-bond acceptors (Lipinski definition) is 2. The summed E-state index contributed by atoms with van der Waals surface area (Å²) in [6.45, 7) is 0. The number of aromatic nitrogens is 1. The van der Waals surface area contributed by atoms with Gasteiger partial charge in [0.1, 0.15) is 11.2 Å². The largest absolute Gasteiger partial charge is 0.455 e. The van der Waals surface area contributed by atoms with Crippen molar-refractivity contribution in [1.29, 1.82) is 0 Å². The van der Waals surface area contributed by atoms with Gasteiger partial charge in [0.05, 0.1) is 28.1 Å². The molecule has 0 spiro atoms. The highest BCUT2D eigenvalue weighted by molar-refractivity contribution is 6.12. The van der Waals surface area contributed by atoms with Crippen molar-refractivity contribution >= 4 is 71.6 Å². The summed E-state index contributed by atoms with van der Waals surface area (Å²) in [4.78, 5) is 2.44. The molecule has 0 atom stereocenters. The normalized spacial score (nSPS) is 11.6. The maximum absolute atomic E-state index is 6.53. The van der Waals surface area contributed by atoms with Crippen molar-refractivity contribution in [2.45, 2.75) is 0 Å². The van der Waals surface area contributed by atoms with Gasteiger partial charge in [-0.05, 0) is 70.6 Å². The fraction of sp³-hybridized carbons (Fsp3) is 0. The molecule has 61 heavy (non-hydrogen) atoms. The number of rotatable bonds is 7. The van der Waals surface area contributed by atoms with E-state index in [0.29, 0.717) is 0 Å². The average Bonchev–Trinajstić information content (AvgIpc) is 3.88. The predicted molar refractivity (Wildman–Crippen MR) is 257 cm³/mol. The van der Waals surface area contributed by atoms with Crippen LogP contribution in [0.1, 0.15) is 0 Å². The van der Waals surface area contributed by atoms with Crippen LogP contribution in [0.15, 0.2) is 235 Å². The quantitative estimate of drug-likeness (QED) is 0.161. The number of benzene rings is 10. The van der Waals surface area contributed by atoms with E-state index in [2.05, 4.69) is 228 Å². The minimum absolute atomic E-state index is 0.901. The highest BCUT2D eigenvalue weighted by atomic mass is 16.3. The summed E-state index contributed by atoms with van der Waals surface area (Å²) in [7, 11) is 0. The molecular weight excluding hydrogens is 741 g/mol. The minimum Gasteiger partial charge on any atom is -0.455 e. The number of hydrogen-bond donors (Lipinski definition) is 0.